The predicted molar refractivity (Wildman–Crippen MR) is 58.5 cm³/mol. The average molecular weight is 238 g/mol. The van der Waals surface area contributed by atoms with E-state index in [0.29, 0.717) is 18.9 Å². The van der Waals surface area contributed by atoms with Crippen molar-refractivity contribution in [3.8, 4) is 0 Å². The van der Waals surface area contributed by atoms with Crippen LogP contribution in [0.1, 0.15) is 19.8 Å². The van der Waals surface area contributed by atoms with E-state index in [9.17, 15) is 5.11 Å². The van der Waals surface area contributed by atoms with Crippen molar-refractivity contribution in [2.75, 3.05) is 21.3 Å². The molecule has 0 aromatic heterocycles. The molecule has 0 heterocycles. The summed E-state index contributed by atoms with van der Waals surface area (Å²) in [5, 5.41) is 18.5. The Hall–Kier alpha value is 0.0169. The number of rotatable bonds is 8. The molecule has 0 aliphatic carbocycles. The molecule has 0 fully saturated rings. The Morgan fingerprint density at radius 2 is 1.53 bits per heavy atom. The molecule has 0 spiro atoms. The Labute approximate surface area is 92.3 Å². The van der Waals surface area contributed by atoms with Crippen LogP contribution in [0.15, 0.2) is 0 Å². The van der Waals surface area contributed by atoms with Gasteiger partial charge >= 0.3 is 8.80 Å². The third-order valence-corrected chi connectivity index (χ3v) is 5.30. The fourth-order valence-electron chi connectivity index (χ4n) is 1.33. The average Bonchev–Trinajstić information content (AvgIpc) is 2.24. The molecule has 0 bridgehead atoms. The molecule has 0 aromatic rings. The van der Waals surface area contributed by atoms with Crippen molar-refractivity contribution in [3.05, 3.63) is 0 Å². The molecule has 0 aliphatic heterocycles. The second-order valence-electron chi connectivity index (χ2n) is 3.50. The Morgan fingerprint density at radius 3 is 1.87 bits per heavy atom. The summed E-state index contributed by atoms with van der Waals surface area (Å²) in [6, 6.07) is 0.639. The van der Waals surface area contributed by atoms with Crippen molar-refractivity contribution < 1.29 is 23.5 Å². The molecular formula is C9H22O5Si. The van der Waals surface area contributed by atoms with Gasteiger partial charge in [0.15, 0.2) is 0 Å². The lowest BCUT2D eigenvalue weighted by Crippen LogP contribution is -2.42. The van der Waals surface area contributed by atoms with Gasteiger partial charge in [-0.2, -0.15) is 0 Å². The van der Waals surface area contributed by atoms with Crippen LogP contribution < -0.4 is 0 Å². The molecule has 0 rings (SSSR count). The maximum absolute atomic E-state index is 9.38. The summed E-state index contributed by atoms with van der Waals surface area (Å²) in [4.78, 5) is 0. The monoisotopic (exact) mass is 238 g/mol. The van der Waals surface area contributed by atoms with E-state index in [-0.39, 0.29) is 0 Å². The molecule has 5 nitrogen and oxygen atoms in total. The zero-order chi connectivity index (χ0) is 11.9. The van der Waals surface area contributed by atoms with E-state index in [1.54, 1.807) is 28.3 Å². The molecule has 2 N–H and O–H groups in total. The zero-order valence-corrected chi connectivity index (χ0v) is 10.9. The standard InChI is InChI=1S/C9H22O5Si/c1-8(10)9(11)6-5-7-15(12-2,13-3)14-4/h8-11H,5-7H2,1-4H3. The van der Waals surface area contributed by atoms with Crippen molar-refractivity contribution >= 4 is 8.80 Å². The summed E-state index contributed by atoms with van der Waals surface area (Å²) in [5.74, 6) is 0. The van der Waals surface area contributed by atoms with Crippen LogP contribution in [-0.2, 0) is 13.3 Å². The van der Waals surface area contributed by atoms with Gasteiger partial charge in [-0.15, -0.1) is 0 Å². The first kappa shape index (κ1) is 15.0. The van der Waals surface area contributed by atoms with E-state index in [1.807, 2.05) is 0 Å². The molecule has 0 radical (unpaired) electrons. The summed E-state index contributed by atoms with van der Waals surface area (Å²) in [6.45, 7) is 1.57. The van der Waals surface area contributed by atoms with Crippen LogP contribution >= 0.6 is 0 Å². The van der Waals surface area contributed by atoms with E-state index < -0.39 is 21.0 Å². The maximum Gasteiger partial charge on any atom is 0.500 e. The van der Waals surface area contributed by atoms with E-state index in [1.165, 1.54) is 0 Å². The SMILES string of the molecule is CO[Si](CCCC(O)C(C)O)(OC)OC. The number of hydrogen-bond donors (Lipinski definition) is 2. The highest BCUT2D eigenvalue weighted by Gasteiger charge is 2.37. The number of aliphatic hydroxyl groups is 2. The van der Waals surface area contributed by atoms with Crippen LogP contribution in [0.5, 0.6) is 0 Å². The van der Waals surface area contributed by atoms with Crippen LogP contribution in [0.25, 0.3) is 0 Å². The second kappa shape index (κ2) is 7.32. The largest absolute Gasteiger partial charge is 0.500 e. The molecular weight excluding hydrogens is 216 g/mol. The van der Waals surface area contributed by atoms with Gasteiger partial charge in [0.2, 0.25) is 0 Å². The van der Waals surface area contributed by atoms with Gasteiger partial charge in [0.1, 0.15) is 0 Å². The molecule has 2 unspecified atom stereocenters. The van der Waals surface area contributed by atoms with E-state index in [4.69, 9.17) is 18.4 Å². The third-order valence-electron chi connectivity index (χ3n) is 2.47. The predicted octanol–water partition coefficient (Wildman–Crippen LogP) is 0.386. The minimum atomic E-state index is -2.51. The normalized spacial score (nSPS) is 16.4. The summed E-state index contributed by atoms with van der Waals surface area (Å²) in [7, 11) is 2.17. The topological polar surface area (TPSA) is 68.2 Å². The van der Waals surface area contributed by atoms with Crippen molar-refractivity contribution in [1.29, 1.82) is 0 Å². The Kier molecular flexibility index (Phi) is 7.32. The first-order valence-corrected chi connectivity index (χ1v) is 6.96. The summed E-state index contributed by atoms with van der Waals surface area (Å²) < 4.78 is 15.7. The number of hydrogen-bond acceptors (Lipinski definition) is 5. The Balaban J connectivity index is 3.91. The van der Waals surface area contributed by atoms with Crippen LogP contribution in [0.4, 0.5) is 0 Å². The second-order valence-corrected chi connectivity index (χ2v) is 6.59. The quantitative estimate of drug-likeness (QED) is 0.599. The van der Waals surface area contributed by atoms with Crippen LogP contribution in [0, 0.1) is 0 Å². The number of aliphatic hydroxyl groups excluding tert-OH is 2. The molecule has 0 aliphatic rings. The lowest BCUT2D eigenvalue weighted by molar-refractivity contribution is 0.0246. The van der Waals surface area contributed by atoms with Crippen molar-refractivity contribution in [2.45, 2.75) is 38.0 Å². The smallest absolute Gasteiger partial charge is 0.391 e. The fraction of sp³-hybridized carbons (Fsp3) is 1.00. The molecule has 6 heteroatoms. The maximum atomic E-state index is 9.38. The Bertz CT molecular complexity index is 152. The van der Waals surface area contributed by atoms with E-state index in [2.05, 4.69) is 0 Å². The zero-order valence-electron chi connectivity index (χ0n) is 9.90. The molecule has 0 aromatic carbocycles. The molecule has 0 saturated heterocycles. The fourth-order valence-corrected chi connectivity index (χ4v) is 3.07. The van der Waals surface area contributed by atoms with Crippen molar-refractivity contribution in [1.82, 2.24) is 0 Å². The minimum absolute atomic E-state index is 0.516. The van der Waals surface area contributed by atoms with Gasteiger partial charge in [-0.05, 0) is 19.8 Å². The molecule has 0 amide bonds. The lowest BCUT2D eigenvalue weighted by atomic mass is 10.1. The first-order valence-electron chi connectivity index (χ1n) is 5.03. The van der Waals surface area contributed by atoms with Crippen molar-refractivity contribution in [3.63, 3.8) is 0 Å². The molecule has 92 valence electrons. The summed E-state index contributed by atoms with van der Waals surface area (Å²) in [6.07, 6.45) is -0.174. The van der Waals surface area contributed by atoms with Crippen LogP contribution in [0.2, 0.25) is 6.04 Å². The minimum Gasteiger partial charge on any atom is -0.391 e. The van der Waals surface area contributed by atoms with Gasteiger partial charge in [0, 0.05) is 27.4 Å². The van der Waals surface area contributed by atoms with Gasteiger partial charge in [0.25, 0.3) is 0 Å². The highest BCUT2D eigenvalue weighted by atomic mass is 28.4. The van der Waals surface area contributed by atoms with E-state index >= 15 is 0 Å². The molecule has 0 saturated carbocycles. The highest BCUT2D eigenvalue weighted by Crippen LogP contribution is 2.17. The summed E-state index contributed by atoms with van der Waals surface area (Å²) in [5.41, 5.74) is 0. The van der Waals surface area contributed by atoms with E-state index in [0.717, 1.165) is 0 Å². The van der Waals surface area contributed by atoms with Crippen LogP contribution in [0.3, 0.4) is 0 Å². The third kappa shape index (κ3) is 5.05. The Morgan fingerprint density at radius 1 is 1.07 bits per heavy atom. The van der Waals surface area contributed by atoms with Gasteiger partial charge in [-0.3, -0.25) is 0 Å². The highest BCUT2D eigenvalue weighted by molar-refractivity contribution is 6.60. The van der Waals surface area contributed by atoms with Gasteiger partial charge < -0.3 is 23.5 Å². The van der Waals surface area contributed by atoms with Gasteiger partial charge in [0.05, 0.1) is 12.2 Å². The van der Waals surface area contributed by atoms with Crippen LogP contribution in [-0.4, -0.2) is 52.6 Å². The summed E-state index contributed by atoms with van der Waals surface area (Å²) >= 11 is 0. The van der Waals surface area contributed by atoms with Gasteiger partial charge in [-0.1, -0.05) is 0 Å². The molecule has 2 atom stereocenters. The van der Waals surface area contributed by atoms with Gasteiger partial charge in [-0.25, -0.2) is 0 Å². The van der Waals surface area contributed by atoms with Crippen molar-refractivity contribution in [2.24, 2.45) is 0 Å². The molecule has 15 heavy (non-hydrogen) atoms. The lowest BCUT2D eigenvalue weighted by Gasteiger charge is -2.24. The first-order chi connectivity index (χ1) is 7.01.